The van der Waals surface area contributed by atoms with Gasteiger partial charge in [0.1, 0.15) is 10.6 Å². The summed E-state index contributed by atoms with van der Waals surface area (Å²) in [6.07, 6.45) is 2.23. The van der Waals surface area contributed by atoms with E-state index in [1.54, 1.807) is 6.92 Å². The minimum atomic E-state index is -3.58. The number of ether oxygens (including phenoxy) is 1. The smallest absolute Gasteiger partial charge is 0.310 e. The summed E-state index contributed by atoms with van der Waals surface area (Å²) in [7, 11) is -3.58. The van der Waals surface area contributed by atoms with Gasteiger partial charge >= 0.3 is 5.97 Å². The number of anilines is 1. The molecule has 1 heterocycles. The lowest BCUT2D eigenvalue weighted by Gasteiger charge is -2.34. The van der Waals surface area contributed by atoms with Crippen molar-refractivity contribution in [1.82, 2.24) is 5.32 Å². The molecule has 1 unspecified atom stereocenters. The van der Waals surface area contributed by atoms with E-state index in [-0.39, 0.29) is 29.1 Å². The molecule has 1 saturated heterocycles. The summed E-state index contributed by atoms with van der Waals surface area (Å²) < 4.78 is 28.6. The number of benzene rings is 2. The lowest BCUT2D eigenvalue weighted by Crippen LogP contribution is -2.43. The van der Waals surface area contributed by atoms with E-state index in [0.717, 1.165) is 43.4 Å². The first-order valence-electron chi connectivity index (χ1n) is 11.1. The number of esters is 1. The number of piperidine rings is 1. The van der Waals surface area contributed by atoms with Crippen molar-refractivity contribution in [1.29, 1.82) is 0 Å². The molecule has 8 nitrogen and oxygen atoms in total. The average Bonchev–Trinajstić information content (AvgIpc) is 2.78. The molecule has 0 spiro atoms. The molecule has 33 heavy (non-hydrogen) atoms. The second-order valence-electron chi connectivity index (χ2n) is 8.33. The van der Waals surface area contributed by atoms with Gasteiger partial charge < -0.3 is 25.2 Å². The number of nitrogens with one attached hydrogen (secondary N) is 1. The van der Waals surface area contributed by atoms with Crippen LogP contribution in [-0.2, 0) is 25.8 Å². The standard InChI is InChI=1S/C24H32N2O6S/c1-3-32-24(29)14-17-4-7-20(8-5-17)26-12-10-19(11-13-26)25-16-22(28)18-6-9-21(27)23(15-18)33(2,30)31/h4-9,15,19,22,25,27-28H,3,10-14,16H2,1-2H3. The zero-order chi connectivity index (χ0) is 24.0. The number of nitrogens with zero attached hydrogens (tertiary/aromatic N) is 1. The van der Waals surface area contributed by atoms with Gasteiger partial charge in [-0.1, -0.05) is 18.2 Å². The Morgan fingerprint density at radius 2 is 1.85 bits per heavy atom. The number of carbonyl (C=O) groups excluding carboxylic acids is 1. The maximum atomic E-state index is 11.8. The van der Waals surface area contributed by atoms with Gasteiger partial charge in [-0.05, 0) is 55.2 Å². The summed E-state index contributed by atoms with van der Waals surface area (Å²) >= 11 is 0. The SMILES string of the molecule is CCOC(=O)Cc1ccc(N2CCC(NCC(O)c3ccc(O)c(S(C)(=O)=O)c3)CC2)cc1. The van der Waals surface area contributed by atoms with E-state index in [1.165, 1.54) is 18.2 Å². The van der Waals surface area contributed by atoms with Crippen LogP contribution < -0.4 is 10.2 Å². The van der Waals surface area contributed by atoms with Crippen molar-refractivity contribution in [3.05, 3.63) is 53.6 Å². The van der Waals surface area contributed by atoms with Gasteiger partial charge in [-0.3, -0.25) is 4.79 Å². The average molecular weight is 477 g/mol. The first kappa shape index (κ1) is 25.0. The van der Waals surface area contributed by atoms with Gasteiger partial charge in [0.05, 0.1) is 19.1 Å². The van der Waals surface area contributed by atoms with Crippen LogP contribution in [0.1, 0.15) is 37.0 Å². The number of aliphatic hydroxyl groups excluding tert-OH is 1. The Morgan fingerprint density at radius 1 is 1.18 bits per heavy atom. The molecule has 0 aromatic heterocycles. The highest BCUT2D eigenvalue weighted by atomic mass is 32.2. The number of sulfone groups is 1. The number of rotatable bonds is 9. The summed E-state index contributed by atoms with van der Waals surface area (Å²) in [5.74, 6) is -0.540. The van der Waals surface area contributed by atoms with Gasteiger partial charge in [0.2, 0.25) is 0 Å². The first-order valence-corrected chi connectivity index (χ1v) is 13.0. The van der Waals surface area contributed by atoms with Crippen molar-refractivity contribution in [2.75, 3.05) is 37.4 Å². The van der Waals surface area contributed by atoms with Gasteiger partial charge in [-0.15, -0.1) is 0 Å². The molecule has 1 atom stereocenters. The molecule has 1 aliphatic rings. The highest BCUT2D eigenvalue weighted by Crippen LogP contribution is 2.27. The molecular formula is C24H32N2O6S. The fourth-order valence-corrected chi connectivity index (χ4v) is 4.77. The summed E-state index contributed by atoms with van der Waals surface area (Å²) in [5, 5.41) is 23.6. The molecule has 0 amide bonds. The van der Waals surface area contributed by atoms with Crippen LogP contribution in [0.2, 0.25) is 0 Å². The Morgan fingerprint density at radius 3 is 2.45 bits per heavy atom. The zero-order valence-corrected chi connectivity index (χ0v) is 19.8. The van der Waals surface area contributed by atoms with Crippen molar-refractivity contribution >= 4 is 21.5 Å². The van der Waals surface area contributed by atoms with Gasteiger partial charge in [0, 0.05) is 37.6 Å². The van der Waals surface area contributed by atoms with Gasteiger partial charge in [0.15, 0.2) is 9.84 Å². The Balaban J connectivity index is 1.48. The Kier molecular flexibility index (Phi) is 8.34. The van der Waals surface area contributed by atoms with Crippen molar-refractivity contribution in [2.24, 2.45) is 0 Å². The van der Waals surface area contributed by atoms with E-state index in [9.17, 15) is 23.4 Å². The predicted octanol–water partition coefficient (Wildman–Crippen LogP) is 2.19. The number of aromatic hydroxyl groups is 1. The van der Waals surface area contributed by atoms with E-state index in [0.29, 0.717) is 18.7 Å². The molecule has 0 radical (unpaired) electrons. The maximum absolute atomic E-state index is 11.8. The van der Waals surface area contributed by atoms with E-state index >= 15 is 0 Å². The number of hydrogen-bond donors (Lipinski definition) is 3. The Labute approximate surface area is 195 Å². The Hall–Kier alpha value is -2.62. The minimum absolute atomic E-state index is 0.180. The molecular weight excluding hydrogens is 444 g/mol. The molecule has 0 bridgehead atoms. The second-order valence-corrected chi connectivity index (χ2v) is 10.3. The Bertz CT molecular complexity index is 1050. The number of phenols is 1. The lowest BCUT2D eigenvalue weighted by atomic mass is 10.0. The van der Waals surface area contributed by atoms with Crippen LogP contribution in [0.3, 0.4) is 0 Å². The van der Waals surface area contributed by atoms with E-state index in [4.69, 9.17) is 4.74 Å². The van der Waals surface area contributed by atoms with E-state index < -0.39 is 15.9 Å². The molecule has 0 saturated carbocycles. The minimum Gasteiger partial charge on any atom is -0.507 e. The number of phenolic OH excluding ortho intramolecular Hbond substituents is 1. The van der Waals surface area contributed by atoms with Crippen molar-refractivity contribution in [2.45, 2.75) is 43.2 Å². The molecule has 1 fully saturated rings. The van der Waals surface area contributed by atoms with Crippen LogP contribution in [0.25, 0.3) is 0 Å². The van der Waals surface area contributed by atoms with Crippen molar-refractivity contribution in [3.8, 4) is 5.75 Å². The molecule has 2 aromatic rings. The topological polar surface area (TPSA) is 116 Å². The number of hydrogen-bond acceptors (Lipinski definition) is 8. The van der Waals surface area contributed by atoms with Crippen molar-refractivity contribution in [3.63, 3.8) is 0 Å². The van der Waals surface area contributed by atoms with Gasteiger partial charge in [0.25, 0.3) is 0 Å². The van der Waals surface area contributed by atoms with Crippen LogP contribution in [0.4, 0.5) is 5.69 Å². The van der Waals surface area contributed by atoms with E-state index in [1.807, 2.05) is 24.3 Å². The fourth-order valence-electron chi connectivity index (χ4n) is 3.98. The largest absolute Gasteiger partial charge is 0.507 e. The van der Waals surface area contributed by atoms with Gasteiger partial charge in [-0.2, -0.15) is 0 Å². The second kappa shape index (κ2) is 11.0. The molecule has 3 N–H and O–H groups in total. The van der Waals surface area contributed by atoms with Crippen LogP contribution in [0, 0.1) is 0 Å². The predicted molar refractivity (Wildman–Crippen MR) is 126 cm³/mol. The fraction of sp³-hybridized carbons (Fsp3) is 0.458. The third kappa shape index (κ3) is 6.93. The molecule has 9 heteroatoms. The third-order valence-corrected chi connectivity index (χ3v) is 6.94. The summed E-state index contributed by atoms with van der Waals surface area (Å²) in [6, 6.07) is 12.4. The summed E-state index contributed by atoms with van der Waals surface area (Å²) in [5.41, 5.74) is 2.48. The lowest BCUT2D eigenvalue weighted by molar-refractivity contribution is -0.142. The molecule has 1 aliphatic heterocycles. The molecule has 180 valence electrons. The van der Waals surface area contributed by atoms with Crippen LogP contribution >= 0.6 is 0 Å². The molecule has 3 rings (SSSR count). The first-order chi connectivity index (χ1) is 15.7. The quantitative estimate of drug-likeness (QED) is 0.472. The zero-order valence-electron chi connectivity index (χ0n) is 19.0. The van der Waals surface area contributed by atoms with Crippen LogP contribution in [0.15, 0.2) is 47.4 Å². The maximum Gasteiger partial charge on any atom is 0.310 e. The van der Waals surface area contributed by atoms with Crippen LogP contribution in [0.5, 0.6) is 5.75 Å². The van der Waals surface area contributed by atoms with Crippen LogP contribution in [-0.4, -0.2) is 63.1 Å². The summed E-state index contributed by atoms with van der Waals surface area (Å²) in [6.45, 7) is 4.20. The highest BCUT2D eigenvalue weighted by Gasteiger charge is 2.21. The van der Waals surface area contributed by atoms with Gasteiger partial charge in [-0.25, -0.2) is 8.42 Å². The molecule has 0 aliphatic carbocycles. The number of aliphatic hydroxyl groups is 1. The normalized spacial score (nSPS) is 15.9. The van der Waals surface area contributed by atoms with Crippen molar-refractivity contribution < 1.29 is 28.2 Å². The summed E-state index contributed by atoms with van der Waals surface area (Å²) in [4.78, 5) is 13.7. The molecule has 2 aromatic carbocycles. The monoisotopic (exact) mass is 476 g/mol. The highest BCUT2D eigenvalue weighted by molar-refractivity contribution is 7.90. The van der Waals surface area contributed by atoms with E-state index in [2.05, 4.69) is 10.2 Å². The third-order valence-electron chi connectivity index (χ3n) is 5.82. The number of carbonyl (C=O) groups is 1.